The normalized spacial score (nSPS) is 28.7. The Kier molecular flexibility index (Phi) is 2.07. The van der Waals surface area contributed by atoms with Crippen molar-refractivity contribution in [2.75, 3.05) is 13.2 Å². The van der Waals surface area contributed by atoms with Crippen LogP contribution in [0.5, 0.6) is 0 Å². The lowest BCUT2D eigenvalue weighted by Gasteiger charge is -2.26. The molecule has 0 aromatic carbocycles. The highest BCUT2D eigenvalue weighted by Crippen LogP contribution is 2.30. The number of likely N-dealkylation sites (tertiary alicyclic amines) is 1. The van der Waals surface area contributed by atoms with Crippen LogP contribution >= 0.6 is 11.3 Å². The van der Waals surface area contributed by atoms with Crippen LogP contribution in [0.4, 0.5) is 0 Å². The van der Waals surface area contributed by atoms with Gasteiger partial charge < -0.3 is 9.64 Å². The highest BCUT2D eigenvalue weighted by Gasteiger charge is 2.42. The van der Waals surface area contributed by atoms with Gasteiger partial charge in [-0.15, -0.1) is 11.3 Å². The van der Waals surface area contributed by atoms with E-state index in [-0.39, 0.29) is 5.91 Å². The molecule has 2 bridgehead atoms. The topological polar surface area (TPSA) is 29.5 Å². The van der Waals surface area contributed by atoms with Crippen LogP contribution in [0.15, 0.2) is 11.4 Å². The standard InChI is InChI=1S/C11H13NO2S/c1-7-2-3-15-10(7)11(13)12-5-9-4-8(12)6-14-9/h2-3,8-9H,4-6H2,1H3/t8-,9+/m0/s1. The number of nitrogens with zero attached hydrogens (tertiary/aromatic N) is 1. The van der Waals surface area contributed by atoms with Crippen molar-refractivity contribution in [1.82, 2.24) is 4.90 Å². The van der Waals surface area contributed by atoms with Gasteiger partial charge in [0.2, 0.25) is 0 Å². The Balaban J connectivity index is 1.84. The fourth-order valence-corrected chi connectivity index (χ4v) is 3.25. The van der Waals surface area contributed by atoms with Gasteiger partial charge in [0.05, 0.1) is 23.6 Å². The van der Waals surface area contributed by atoms with Crippen LogP contribution in [0.2, 0.25) is 0 Å². The second-order valence-corrected chi connectivity index (χ2v) is 5.15. The molecule has 80 valence electrons. The molecule has 0 saturated carbocycles. The summed E-state index contributed by atoms with van der Waals surface area (Å²) in [5.41, 5.74) is 1.09. The van der Waals surface area contributed by atoms with Crippen molar-refractivity contribution in [2.45, 2.75) is 25.5 Å². The van der Waals surface area contributed by atoms with Gasteiger partial charge >= 0.3 is 0 Å². The summed E-state index contributed by atoms with van der Waals surface area (Å²) in [4.78, 5) is 15.1. The van der Waals surface area contributed by atoms with Crippen LogP contribution in [0.1, 0.15) is 21.7 Å². The number of rotatable bonds is 1. The van der Waals surface area contributed by atoms with Gasteiger partial charge in [-0.2, -0.15) is 0 Å². The Morgan fingerprint density at radius 1 is 1.67 bits per heavy atom. The molecule has 3 rings (SSSR count). The van der Waals surface area contributed by atoms with Crippen molar-refractivity contribution in [3.05, 3.63) is 21.9 Å². The van der Waals surface area contributed by atoms with Gasteiger partial charge in [0.1, 0.15) is 0 Å². The van der Waals surface area contributed by atoms with E-state index in [0.29, 0.717) is 12.1 Å². The molecule has 0 N–H and O–H groups in total. The van der Waals surface area contributed by atoms with Gasteiger partial charge in [-0.25, -0.2) is 0 Å². The number of hydrogen-bond donors (Lipinski definition) is 0. The maximum atomic E-state index is 12.2. The summed E-state index contributed by atoms with van der Waals surface area (Å²) in [5.74, 6) is 0.193. The summed E-state index contributed by atoms with van der Waals surface area (Å²) >= 11 is 1.54. The minimum atomic E-state index is 0.193. The van der Waals surface area contributed by atoms with Crippen molar-refractivity contribution in [2.24, 2.45) is 0 Å². The molecule has 15 heavy (non-hydrogen) atoms. The van der Waals surface area contributed by atoms with E-state index in [0.717, 1.165) is 30.0 Å². The third-order valence-electron chi connectivity index (χ3n) is 3.22. The Morgan fingerprint density at radius 2 is 2.53 bits per heavy atom. The molecule has 3 heterocycles. The highest BCUT2D eigenvalue weighted by molar-refractivity contribution is 7.12. The Hall–Kier alpha value is -0.870. The zero-order valence-electron chi connectivity index (χ0n) is 8.60. The molecule has 1 aromatic rings. The number of thiophene rings is 1. The van der Waals surface area contributed by atoms with Crippen LogP contribution in [-0.4, -0.2) is 36.1 Å². The van der Waals surface area contributed by atoms with E-state index in [1.165, 1.54) is 11.3 Å². The van der Waals surface area contributed by atoms with Crippen molar-refractivity contribution >= 4 is 17.2 Å². The number of carbonyl (C=O) groups is 1. The molecular weight excluding hydrogens is 210 g/mol. The summed E-state index contributed by atoms with van der Waals surface area (Å²) < 4.78 is 5.49. The molecular formula is C11H13NO2S. The number of carbonyl (C=O) groups excluding carboxylic acids is 1. The van der Waals surface area contributed by atoms with Crippen LogP contribution in [-0.2, 0) is 4.74 Å². The second-order valence-electron chi connectivity index (χ2n) is 4.24. The first-order valence-corrected chi connectivity index (χ1v) is 6.10. The summed E-state index contributed by atoms with van der Waals surface area (Å²) in [5, 5.41) is 1.98. The van der Waals surface area contributed by atoms with Gasteiger partial charge in [0, 0.05) is 6.54 Å². The molecule has 0 aliphatic carbocycles. The van der Waals surface area contributed by atoms with Gasteiger partial charge in [-0.3, -0.25) is 4.79 Å². The predicted octanol–water partition coefficient (Wildman–Crippen LogP) is 1.67. The summed E-state index contributed by atoms with van der Waals surface area (Å²) in [7, 11) is 0. The number of ether oxygens (including phenoxy) is 1. The fraction of sp³-hybridized carbons (Fsp3) is 0.545. The zero-order chi connectivity index (χ0) is 10.4. The van der Waals surface area contributed by atoms with E-state index in [9.17, 15) is 4.79 Å². The largest absolute Gasteiger partial charge is 0.374 e. The third kappa shape index (κ3) is 1.40. The molecule has 2 aliphatic heterocycles. The monoisotopic (exact) mass is 223 g/mol. The maximum absolute atomic E-state index is 12.2. The van der Waals surface area contributed by atoms with E-state index in [2.05, 4.69) is 0 Å². The first-order valence-electron chi connectivity index (χ1n) is 5.22. The molecule has 4 heteroatoms. The number of hydrogen-bond acceptors (Lipinski definition) is 3. The van der Waals surface area contributed by atoms with Crippen LogP contribution in [0, 0.1) is 6.92 Å². The lowest BCUT2D eigenvalue weighted by Crippen LogP contribution is -2.41. The minimum absolute atomic E-state index is 0.193. The average molecular weight is 223 g/mol. The molecule has 0 unspecified atom stereocenters. The minimum Gasteiger partial charge on any atom is -0.374 e. The number of morpholine rings is 1. The van der Waals surface area contributed by atoms with Gasteiger partial charge in [0.25, 0.3) is 5.91 Å². The second kappa shape index (κ2) is 3.32. The first-order chi connectivity index (χ1) is 7.25. The Bertz CT molecular complexity index is 401. The van der Waals surface area contributed by atoms with Crippen molar-refractivity contribution < 1.29 is 9.53 Å². The van der Waals surface area contributed by atoms with Crippen molar-refractivity contribution in [3.63, 3.8) is 0 Å². The van der Waals surface area contributed by atoms with Crippen LogP contribution in [0.3, 0.4) is 0 Å². The number of aryl methyl sites for hydroxylation is 1. The quantitative estimate of drug-likeness (QED) is 0.725. The average Bonchev–Trinajstić information content (AvgIpc) is 2.91. The van der Waals surface area contributed by atoms with Crippen molar-refractivity contribution in [1.29, 1.82) is 0 Å². The summed E-state index contributed by atoms with van der Waals surface area (Å²) in [6.45, 7) is 3.50. The molecule has 0 radical (unpaired) electrons. The molecule has 1 aromatic heterocycles. The number of fused-ring (bicyclic) bond motifs is 2. The Labute approximate surface area is 92.6 Å². The van der Waals surface area contributed by atoms with Gasteiger partial charge in [-0.1, -0.05) is 0 Å². The van der Waals surface area contributed by atoms with E-state index < -0.39 is 0 Å². The first kappa shape index (κ1) is 9.36. The Morgan fingerprint density at radius 3 is 3.07 bits per heavy atom. The summed E-state index contributed by atoms with van der Waals surface area (Å²) in [6.07, 6.45) is 1.31. The predicted molar refractivity (Wildman–Crippen MR) is 58.2 cm³/mol. The molecule has 3 nitrogen and oxygen atoms in total. The third-order valence-corrected chi connectivity index (χ3v) is 4.22. The van der Waals surface area contributed by atoms with E-state index in [1.54, 1.807) is 0 Å². The molecule has 1 amide bonds. The molecule has 2 fully saturated rings. The molecule has 2 aliphatic rings. The van der Waals surface area contributed by atoms with Crippen LogP contribution in [0.25, 0.3) is 0 Å². The molecule has 0 spiro atoms. The van der Waals surface area contributed by atoms with Crippen LogP contribution < -0.4 is 0 Å². The van der Waals surface area contributed by atoms with E-state index in [1.807, 2.05) is 23.3 Å². The van der Waals surface area contributed by atoms with E-state index in [4.69, 9.17) is 4.74 Å². The zero-order valence-corrected chi connectivity index (χ0v) is 9.42. The lowest BCUT2D eigenvalue weighted by molar-refractivity contribution is 0.0261. The van der Waals surface area contributed by atoms with E-state index >= 15 is 0 Å². The SMILES string of the molecule is Cc1ccsc1C(=O)N1C[C@H]2C[C@H]1CO2. The molecule has 2 atom stereocenters. The smallest absolute Gasteiger partial charge is 0.264 e. The summed E-state index contributed by atoms with van der Waals surface area (Å²) in [6, 6.07) is 2.33. The van der Waals surface area contributed by atoms with Gasteiger partial charge in [0.15, 0.2) is 0 Å². The fourth-order valence-electron chi connectivity index (χ4n) is 2.37. The maximum Gasteiger partial charge on any atom is 0.264 e. The van der Waals surface area contributed by atoms with Gasteiger partial charge in [-0.05, 0) is 30.4 Å². The molecule has 2 saturated heterocycles. The highest BCUT2D eigenvalue weighted by atomic mass is 32.1. The number of amides is 1. The van der Waals surface area contributed by atoms with Crippen molar-refractivity contribution in [3.8, 4) is 0 Å². The lowest BCUT2D eigenvalue weighted by atomic mass is 10.2.